The molecule has 0 bridgehead atoms. The highest BCUT2D eigenvalue weighted by Gasteiger charge is 2.15. The van der Waals surface area contributed by atoms with Crippen molar-refractivity contribution in [2.24, 2.45) is 5.10 Å². The Hall–Kier alpha value is -8.09. The van der Waals surface area contributed by atoms with Crippen molar-refractivity contribution in [3.05, 3.63) is 151 Å². The number of carbonyl (C=O) groups is 3. The Morgan fingerprint density at radius 2 is 1.23 bits per heavy atom. The summed E-state index contributed by atoms with van der Waals surface area (Å²) in [6, 6.07) is 35.3. The number of methoxy groups -OCH3 is 1. The minimum atomic E-state index is -0.714. The minimum Gasteiger partial charge on any atom is -0.494 e. The number of hydrogen-bond acceptors (Lipinski definition) is 15. The number of hydrazone groups is 1. The summed E-state index contributed by atoms with van der Waals surface area (Å²) in [5.41, 5.74) is 5.37. The standard InChI is InChI=1S/C59H63N3O11S/c1-5-56(63)69-36-16-10-8-14-34-67-48-26-21-44(22-27-48)42-72-49-28-24-46(25-29-49)51-31-30-50(73-43-45-23-32-53(54(39-45)66-4)68-35-15-9-11-17-37-70-57(64)6-2)40-47(51)41-60-62(33-18-38-71-58(65)7-3)59-61-52-19-12-13-20-55(52)74-59/h3,5-6,12-13,19-32,39-41H,1-2,8-11,14-18,33-38,42-43H2,4H3/b60-41+. The van der Waals surface area contributed by atoms with E-state index in [2.05, 4.69) is 13.2 Å². The van der Waals surface area contributed by atoms with Gasteiger partial charge in [-0.15, -0.1) is 6.42 Å². The molecule has 6 aromatic rings. The van der Waals surface area contributed by atoms with E-state index in [1.165, 1.54) is 23.5 Å². The zero-order valence-corrected chi connectivity index (χ0v) is 42.7. The number of anilines is 1. The molecule has 0 saturated heterocycles. The van der Waals surface area contributed by atoms with E-state index >= 15 is 0 Å². The molecule has 14 nitrogen and oxygen atoms in total. The second-order valence-electron chi connectivity index (χ2n) is 16.7. The number of para-hydroxylation sites is 1. The highest BCUT2D eigenvalue weighted by atomic mass is 32.1. The number of unbranched alkanes of at least 4 members (excludes halogenated alkanes) is 6. The van der Waals surface area contributed by atoms with Crippen molar-refractivity contribution in [2.75, 3.05) is 51.7 Å². The predicted molar refractivity (Wildman–Crippen MR) is 289 cm³/mol. The Kier molecular flexibility index (Phi) is 22.9. The van der Waals surface area contributed by atoms with E-state index < -0.39 is 11.9 Å². The highest BCUT2D eigenvalue weighted by molar-refractivity contribution is 7.22. The van der Waals surface area contributed by atoms with Gasteiger partial charge in [-0.25, -0.2) is 24.4 Å². The van der Waals surface area contributed by atoms with E-state index in [0.717, 1.165) is 95.1 Å². The van der Waals surface area contributed by atoms with E-state index in [-0.39, 0.29) is 19.2 Å². The van der Waals surface area contributed by atoms with Crippen molar-refractivity contribution >= 4 is 50.8 Å². The monoisotopic (exact) mass is 1020 g/mol. The van der Waals surface area contributed by atoms with Crippen molar-refractivity contribution in [1.82, 2.24) is 4.98 Å². The average molecular weight is 1020 g/mol. The summed E-state index contributed by atoms with van der Waals surface area (Å²) in [5, 5.41) is 7.47. The number of esters is 3. The lowest BCUT2D eigenvalue weighted by Crippen LogP contribution is -2.20. The lowest BCUT2D eigenvalue weighted by molar-refractivity contribution is -0.138. The molecule has 0 amide bonds. The van der Waals surface area contributed by atoms with Crippen LogP contribution in [0.3, 0.4) is 0 Å². The number of nitrogens with zero attached hydrogens (tertiary/aromatic N) is 3. The van der Waals surface area contributed by atoms with E-state index in [9.17, 15) is 14.4 Å². The van der Waals surface area contributed by atoms with Crippen LogP contribution in [-0.4, -0.2) is 75.8 Å². The number of fused-ring (bicyclic) bond motifs is 1. The van der Waals surface area contributed by atoms with Crippen LogP contribution in [0.2, 0.25) is 0 Å². The van der Waals surface area contributed by atoms with Crippen molar-refractivity contribution in [1.29, 1.82) is 0 Å². The van der Waals surface area contributed by atoms with Crippen LogP contribution in [0.5, 0.6) is 28.7 Å². The van der Waals surface area contributed by atoms with Crippen LogP contribution in [0.4, 0.5) is 5.13 Å². The molecule has 0 aliphatic carbocycles. The zero-order chi connectivity index (χ0) is 52.2. The molecule has 0 radical (unpaired) electrons. The minimum absolute atomic E-state index is 0.125. The lowest BCUT2D eigenvalue weighted by Gasteiger charge is -2.17. The first-order chi connectivity index (χ1) is 36.2. The van der Waals surface area contributed by atoms with Gasteiger partial charge < -0.3 is 37.9 Å². The first-order valence-corrected chi connectivity index (χ1v) is 25.5. The van der Waals surface area contributed by atoms with Crippen LogP contribution < -0.4 is 28.7 Å². The van der Waals surface area contributed by atoms with E-state index in [1.807, 2.05) is 115 Å². The normalized spacial score (nSPS) is 10.8. The van der Waals surface area contributed by atoms with Crippen LogP contribution in [0.15, 0.2) is 140 Å². The Bertz CT molecular complexity index is 2790. The van der Waals surface area contributed by atoms with Gasteiger partial charge in [-0.1, -0.05) is 73.0 Å². The average Bonchev–Trinajstić information content (AvgIpc) is 3.88. The van der Waals surface area contributed by atoms with E-state index in [1.54, 1.807) is 18.3 Å². The molecular weight excluding hydrogens is 959 g/mol. The third-order valence-corrected chi connectivity index (χ3v) is 12.3. The molecule has 6 rings (SSSR count). The van der Waals surface area contributed by atoms with Crippen LogP contribution in [0, 0.1) is 12.3 Å². The Morgan fingerprint density at radius 1 is 0.635 bits per heavy atom. The zero-order valence-electron chi connectivity index (χ0n) is 41.9. The topological polar surface area (TPSA) is 154 Å². The van der Waals surface area contributed by atoms with Crippen LogP contribution in [0.25, 0.3) is 21.3 Å². The SMILES string of the molecule is C#CC(=O)OCCCN(/N=C/c1cc(OCc2ccc(OCCCCCCOC(=O)C=C)c(OC)c2)ccc1-c1ccc(OCc2ccc(OCCCCCCOC(=O)C=C)cc2)cc1)c1nc2ccccc2s1. The fourth-order valence-electron chi connectivity index (χ4n) is 7.34. The van der Waals surface area contributed by atoms with E-state index in [4.69, 9.17) is 54.4 Å². The molecule has 0 saturated carbocycles. The van der Waals surface area contributed by atoms with Crippen LogP contribution in [-0.2, 0) is 41.8 Å². The van der Waals surface area contributed by atoms with Gasteiger partial charge in [-0.05, 0) is 134 Å². The molecule has 0 unspecified atom stereocenters. The Labute approximate surface area is 437 Å². The van der Waals surface area contributed by atoms with Gasteiger partial charge in [0.25, 0.3) is 0 Å². The van der Waals surface area contributed by atoms with Gasteiger partial charge in [0, 0.05) is 36.6 Å². The number of aromatic nitrogens is 1. The van der Waals surface area contributed by atoms with Gasteiger partial charge in [-0.3, -0.25) is 0 Å². The van der Waals surface area contributed by atoms with Gasteiger partial charge in [0.1, 0.15) is 30.5 Å². The summed E-state index contributed by atoms with van der Waals surface area (Å²) >= 11 is 1.51. The maximum atomic E-state index is 11.7. The molecule has 74 heavy (non-hydrogen) atoms. The smallest absolute Gasteiger partial charge is 0.384 e. The lowest BCUT2D eigenvalue weighted by atomic mass is 10.00. The largest absolute Gasteiger partial charge is 0.494 e. The number of terminal acetylenes is 1. The summed E-state index contributed by atoms with van der Waals surface area (Å²) in [5.74, 6) is 3.86. The van der Waals surface area contributed by atoms with Crippen molar-refractivity contribution < 1.29 is 52.3 Å². The van der Waals surface area contributed by atoms with Gasteiger partial charge in [-0.2, -0.15) is 5.10 Å². The van der Waals surface area contributed by atoms with Crippen LogP contribution >= 0.6 is 11.3 Å². The van der Waals surface area contributed by atoms with Gasteiger partial charge in [0.2, 0.25) is 5.13 Å². The van der Waals surface area contributed by atoms with Crippen LogP contribution in [0.1, 0.15) is 74.5 Å². The first kappa shape index (κ1) is 55.2. The summed E-state index contributed by atoms with van der Waals surface area (Å²) < 4.78 is 46.5. The summed E-state index contributed by atoms with van der Waals surface area (Å²) in [7, 11) is 1.61. The van der Waals surface area contributed by atoms with Crippen molar-refractivity contribution in [2.45, 2.75) is 71.0 Å². The molecule has 0 atom stereocenters. The third-order valence-electron chi connectivity index (χ3n) is 11.3. The third kappa shape index (κ3) is 18.5. The molecule has 1 heterocycles. The molecule has 386 valence electrons. The number of hydrogen-bond donors (Lipinski definition) is 0. The fraction of sp³-hybridized carbons (Fsp3) is 0.305. The quantitative estimate of drug-likeness (QED) is 0.00562. The fourth-order valence-corrected chi connectivity index (χ4v) is 8.29. The number of thiazole rings is 1. The number of carbonyl (C=O) groups excluding carboxylic acids is 3. The van der Waals surface area contributed by atoms with Gasteiger partial charge >= 0.3 is 17.9 Å². The molecule has 1 aromatic heterocycles. The predicted octanol–water partition coefficient (Wildman–Crippen LogP) is 11.9. The Balaban J connectivity index is 1.11. The molecule has 5 aromatic carbocycles. The maximum absolute atomic E-state index is 11.7. The second-order valence-corrected chi connectivity index (χ2v) is 17.7. The van der Waals surface area contributed by atoms with Crippen molar-refractivity contribution in [3.63, 3.8) is 0 Å². The van der Waals surface area contributed by atoms with Gasteiger partial charge in [0.15, 0.2) is 11.5 Å². The molecule has 15 heteroatoms. The summed E-state index contributed by atoms with van der Waals surface area (Å²) in [4.78, 5) is 39.0. The molecule has 0 aliphatic heterocycles. The molecule has 0 aliphatic rings. The first-order valence-electron chi connectivity index (χ1n) is 24.7. The highest BCUT2D eigenvalue weighted by Crippen LogP contribution is 2.33. The molecular formula is C59H63N3O11S. The number of rotatable bonds is 33. The second kappa shape index (κ2) is 30.7. The molecule has 0 spiro atoms. The summed E-state index contributed by atoms with van der Waals surface area (Å²) in [6.07, 6.45) is 17.0. The molecule has 0 fully saturated rings. The van der Waals surface area contributed by atoms with Gasteiger partial charge in [0.05, 0.1) is 56.6 Å². The summed E-state index contributed by atoms with van der Waals surface area (Å²) in [6.45, 7) is 9.90. The maximum Gasteiger partial charge on any atom is 0.384 e. The van der Waals surface area contributed by atoms with E-state index in [0.29, 0.717) is 74.1 Å². The Morgan fingerprint density at radius 3 is 1.91 bits per heavy atom. The van der Waals surface area contributed by atoms with Crippen molar-refractivity contribution in [3.8, 4) is 52.2 Å². The number of ether oxygens (including phenoxy) is 8. The molecule has 0 N–H and O–H groups in total. The number of benzene rings is 5.